The molecule has 0 atom stereocenters. The molecule has 0 fully saturated rings. The Morgan fingerprint density at radius 1 is 1.09 bits per heavy atom. The molecule has 6 N–H and O–H groups in total. The van der Waals surface area contributed by atoms with E-state index < -0.39 is 5.97 Å². The predicted octanol–water partition coefficient (Wildman–Crippen LogP) is 1.09. The van der Waals surface area contributed by atoms with Crippen molar-refractivity contribution in [3.63, 3.8) is 0 Å². The highest BCUT2D eigenvalue weighted by atomic mass is 16.4. The highest BCUT2D eigenvalue weighted by molar-refractivity contribution is 5.90. The second kappa shape index (κ2) is 9.38. The Morgan fingerprint density at radius 2 is 1.77 bits per heavy atom. The van der Waals surface area contributed by atoms with Crippen LogP contribution in [0.4, 0.5) is 5.69 Å². The van der Waals surface area contributed by atoms with Gasteiger partial charge in [-0.25, -0.2) is 0 Å². The molecule has 7 heteroatoms. The number of nitrogens with one attached hydrogen (secondary N) is 1. The number of carbonyl (C=O) groups is 2. The third-order valence-corrected chi connectivity index (χ3v) is 2.97. The number of aryl methyl sites for hydroxylation is 1. The predicted molar refractivity (Wildman–Crippen MR) is 85.6 cm³/mol. The number of carboxylic acids is 1. The molecular formula is C15H22N4O3. The van der Waals surface area contributed by atoms with Crippen LogP contribution in [0.3, 0.4) is 0 Å². The minimum atomic E-state index is -0.821. The van der Waals surface area contributed by atoms with Crippen molar-refractivity contribution < 1.29 is 14.7 Å². The van der Waals surface area contributed by atoms with Crippen LogP contribution in [-0.4, -0.2) is 29.5 Å². The second-order valence-electron chi connectivity index (χ2n) is 4.90. The molecule has 0 aromatic heterocycles. The Hall–Kier alpha value is -2.57. The van der Waals surface area contributed by atoms with Gasteiger partial charge in [0.05, 0.1) is 0 Å². The monoisotopic (exact) mass is 306 g/mol. The van der Waals surface area contributed by atoms with E-state index in [-0.39, 0.29) is 18.3 Å². The summed E-state index contributed by atoms with van der Waals surface area (Å²) in [5.74, 6) is -0.825. The number of unbranched alkanes of at least 4 members (excludes halogenated alkanes) is 1. The molecule has 7 nitrogen and oxygen atoms in total. The first-order valence-electron chi connectivity index (χ1n) is 7.13. The van der Waals surface area contributed by atoms with Gasteiger partial charge in [-0.15, -0.1) is 0 Å². The van der Waals surface area contributed by atoms with Crippen molar-refractivity contribution in [2.45, 2.75) is 32.1 Å². The zero-order valence-corrected chi connectivity index (χ0v) is 12.4. The number of aliphatic carboxylic acids is 1. The number of carbonyl (C=O) groups excluding carboxylic acids is 1. The van der Waals surface area contributed by atoms with Gasteiger partial charge in [0.15, 0.2) is 5.96 Å². The van der Waals surface area contributed by atoms with E-state index in [9.17, 15) is 9.59 Å². The van der Waals surface area contributed by atoms with Crippen molar-refractivity contribution >= 4 is 23.5 Å². The van der Waals surface area contributed by atoms with Crippen molar-refractivity contribution in [2.24, 2.45) is 16.5 Å². The molecule has 0 aliphatic rings. The normalized spacial score (nSPS) is 10.0. The Balaban J connectivity index is 2.29. The molecule has 0 unspecified atom stereocenters. The largest absolute Gasteiger partial charge is 0.481 e. The van der Waals surface area contributed by atoms with E-state index >= 15 is 0 Å². The maximum Gasteiger partial charge on any atom is 0.303 e. The van der Waals surface area contributed by atoms with Crippen LogP contribution in [0.1, 0.15) is 31.2 Å². The van der Waals surface area contributed by atoms with Crippen LogP contribution in [-0.2, 0) is 16.0 Å². The number of aliphatic imine (C=N–C) groups is 1. The van der Waals surface area contributed by atoms with Crippen molar-refractivity contribution in [2.75, 3.05) is 11.9 Å². The second-order valence-corrected chi connectivity index (χ2v) is 4.90. The maximum absolute atomic E-state index is 11.7. The summed E-state index contributed by atoms with van der Waals surface area (Å²) in [5, 5.41) is 11.4. The average molecular weight is 306 g/mol. The van der Waals surface area contributed by atoms with Crippen LogP contribution in [0, 0.1) is 0 Å². The van der Waals surface area contributed by atoms with Gasteiger partial charge < -0.3 is 21.9 Å². The van der Waals surface area contributed by atoms with Gasteiger partial charge in [0.25, 0.3) is 0 Å². The van der Waals surface area contributed by atoms with E-state index in [0.29, 0.717) is 31.5 Å². The van der Waals surface area contributed by atoms with E-state index in [1.165, 1.54) is 0 Å². The highest BCUT2D eigenvalue weighted by Crippen LogP contribution is 2.12. The number of carboxylic acid groups (broad SMARTS) is 1. The lowest BCUT2D eigenvalue weighted by molar-refractivity contribution is -0.137. The molecule has 120 valence electrons. The SMILES string of the molecule is NC(N)=NCCCCC(=O)Nc1ccc(CCC(=O)O)cc1. The smallest absolute Gasteiger partial charge is 0.303 e. The lowest BCUT2D eigenvalue weighted by Crippen LogP contribution is -2.23. The summed E-state index contributed by atoms with van der Waals surface area (Å²) in [6, 6.07) is 7.18. The van der Waals surface area contributed by atoms with E-state index in [4.69, 9.17) is 16.6 Å². The molecule has 0 spiro atoms. The topological polar surface area (TPSA) is 131 Å². The van der Waals surface area contributed by atoms with Gasteiger partial charge >= 0.3 is 5.97 Å². The van der Waals surface area contributed by atoms with Gasteiger partial charge in [-0.3, -0.25) is 14.6 Å². The van der Waals surface area contributed by atoms with Crippen LogP contribution in [0.25, 0.3) is 0 Å². The van der Waals surface area contributed by atoms with E-state index in [1.54, 1.807) is 12.1 Å². The minimum Gasteiger partial charge on any atom is -0.481 e. The first kappa shape index (κ1) is 17.5. The fourth-order valence-electron chi connectivity index (χ4n) is 1.84. The zero-order chi connectivity index (χ0) is 16.4. The maximum atomic E-state index is 11.7. The van der Waals surface area contributed by atoms with Crippen LogP contribution in [0.2, 0.25) is 0 Å². The Morgan fingerprint density at radius 3 is 2.36 bits per heavy atom. The van der Waals surface area contributed by atoms with Gasteiger partial charge in [-0.2, -0.15) is 0 Å². The molecular weight excluding hydrogens is 284 g/mol. The lowest BCUT2D eigenvalue weighted by Gasteiger charge is -2.06. The van der Waals surface area contributed by atoms with Crippen LogP contribution < -0.4 is 16.8 Å². The Labute approximate surface area is 129 Å². The van der Waals surface area contributed by atoms with Gasteiger partial charge in [0.1, 0.15) is 0 Å². The molecule has 0 saturated carbocycles. The number of guanidine groups is 1. The molecule has 1 amide bonds. The summed E-state index contributed by atoms with van der Waals surface area (Å²) in [7, 11) is 0. The number of hydrogen-bond acceptors (Lipinski definition) is 3. The fourth-order valence-corrected chi connectivity index (χ4v) is 1.84. The first-order chi connectivity index (χ1) is 10.5. The van der Waals surface area contributed by atoms with Crippen molar-refractivity contribution in [3.05, 3.63) is 29.8 Å². The highest BCUT2D eigenvalue weighted by Gasteiger charge is 2.03. The number of hydrogen-bond donors (Lipinski definition) is 4. The third kappa shape index (κ3) is 7.88. The summed E-state index contributed by atoms with van der Waals surface area (Å²) < 4.78 is 0. The van der Waals surface area contributed by atoms with Gasteiger partial charge in [0, 0.05) is 25.1 Å². The standard InChI is InChI=1S/C15H22N4O3/c16-15(17)18-10-2-1-3-13(20)19-12-7-4-11(5-8-12)6-9-14(21)22/h4-5,7-8H,1-3,6,9-10H2,(H,19,20)(H,21,22)(H4,16,17,18). The molecule has 22 heavy (non-hydrogen) atoms. The quantitative estimate of drug-likeness (QED) is 0.308. The average Bonchev–Trinajstić information content (AvgIpc) is 2.45. The van der Waals surface area contributed by atoms with Crippen LogP contribution in [0.5, 0.6) is 0 Å². The molecule has 0 saturated heterocycles. The lowest BCUT2D eigenvalue weighted by atomic mass is 10.1. The van der Waals surface area contributed by atoms with Gasteiger partial charge in [-0.05, 0) is 37.0 Å². The molecule has 0 heterocycles. The number of rotatable bonds is 9. The summed E-state index contributed by atoms with van der Waals surface area (Å²) in [6.07, 6.45) is 2.44. The summed E-state index contributed by atoms with van der Waals surface area (Å²) in [4.78, 5) is 26.1. The number of anilines is 1. The summed E-state index contributed by atoms with van der Waals surface area (Å²) >= 11 is 0. The van der Waals surface area contributed by atoms with E-state index in [0.717, 1.165) is 12.0 Å². The first-order valence-corrected chi connectivity index (χ1v) is 7.13. The number of amides is 1. The van der Waals surface area contributed by atoms with Crippen LogP contribution >= 0.6 is 0 Å². The van der Waals surface area contributed by atoms with Crippen LogP contribution in [0.15, 0.2) is 29.3 Å². The number of benzene rings is 1. The van der Waals surface area contributed by atoms with Crippen molar-refractivity contribution in [1.29, 1.82) is 0 Å². The summed E-state index contributed by atoms with van der Waals surface area (Å²) in [5.41, 5.74) is 12.0. The van der Waals surface area contributed by atoms with Crippen molar-refractivity contribution in [3.8, 4) is 0 Å². The molecule has 1 aromatic carbocycles. The number of nitrogens with two attached hydrogens (primary N) is 2. The summed E-state index contributed by atoms with van der Waals surface area (Å²) in [6.45, 7) is 0.522. The van der Waals surface area contributed by atoms with E-state index in [1.807, 2.05) is 12.1 Å². The van der Waals surface area contributed by atoms with E-state index in [2.05, 4.69) is 10.3 Å². The number of nitrogens with zero attached hydrogens (tertiary/aromatic N) is 1. The molecule has 0 aliphatic heterocycles. The Bertz CT molecular complexity index is 522. The molecule has 1 rings (SSSR count). The molecule has 0 aliphatic carbocycles. The fraction of sp³-hybridized carbons (Fsp3) is 0.400. The molecule has 1 aromatic rings. The van der Waals surface area contributed by atoms with Gasteiger partial charge in [-0.1, -0.05) is 12.1 Å². The third-order valence-electron chi connectivity index (χ3n) is 2.97. The van der Waals surface area contributed by atoms with Gasteiger partial charge in [0.2, 0.25) is 5.91 Å². The zero-order valence-electron chi connectivity index (χ0n) is 12.4. The Kier molecular flexibility index (Phi) is 7.45. The minimum absolute atomic E-state index is 0.0624. The molecule has 0 bridgehead atoms. The van der Waals surface area contributed by atoms with Crippen molar-refractivity contribution in [1.82, 2.24) is 0 Å². The molecule has 0 radical (unpaired) electrons.